The van der Waals surface area contributed by atoms with Crippen LogP contribution in [-0.4, -0.2) is 12.1 Å². The van der Waals surface area contributed by atoms with Crippen molar-refractivity contribution in [1.82, 2.24) is 4.98 Å². The van der Waals surface area contributed by atoms with Gasteiger partial charge in [0.1, 0.15) is 17.7 Å². The Bertz CT molecular complexity index is 878. The Morgan fingerprint density at radius 3 is 2.68 bits per heavy atom. The van der Waals surface area contributed by atoms with Gasteiger partial charge in [0.05, 0.1) is 19.3 Å². The lowest BCUT2D eigenvalue weighted by Crippen LogP contribution is -2.16. The van der Waals surface area contributed by atoms with E-state index in [0.717, 1.165) is 23.4 Å². The Hall–Kier alpha value is -3.26. The first-order valence-electron chi connectivity index (χ1n) is 8.08. The summed E-state index contributed by atoms with van der Waals surface area (Å²) in [6, 6.07) is 15.5. The zero-order chi connectivity index (χ0) is 17.6. The van der Waals surface area contributed by atoms with E-state index in [1.54, 1.807) is 18.3 Å². The van der Waals surface area contributed by atoms with E-state index in [9.17, 15) is 5.26 Å². The monoisotopic (exact) mass is 333 g/mol. The van der Waals surface area contributed by atoms with Crippen molar-refractivity contribution < 1.29 is 9.15 Å². The molecule has 5 heteroatoms. The zero-order valence-corrected chi connectivity index (χ0v) is 14.3. The highest BCUT2D eigenvalue weighted by atomic mass is 16.5. The van der Waals surface area contributed by atoms with E-state index in [1.165, 1.54) is 5.56 Å². The molecule has 5 nitrogen and oxygen atoms in total. The summed E-state index contributed by atoms with van der Waals surface area (Å²) >= 11 is 0. The van der Waals surface area contributed by atoms with Crippen LogP contribution in [-0.2, 0) is 13.0 Å². The quantitative estimate of drug-likeness (QED) is 0.494. The Morgan fingerprint density at radius 2 is 2.00 bits per heavy atom. The second kappa shape index (κ2) is 7.54. The molecule has 3 rings (SSSR count). The Kier molecular flexibility index (Phi) is 5.00. The summed E-state index contributed by atoms with van der Waals surface area (Å²) in [5.74, 6) is 1.31. The molecule has 0 saturated carbocycles. The molecular formula is C20H19N3O2. The van der Waals surface area contributed by atoms with Crippen molar-refractivity contribution in [2.45, 2.75) is 19.9 Å². The number of hydrogen-bond donors (Lipinski definition) is 0. The van der Waals surface area contributed by atoms with Gasteiger partial charge in [-0.1, -0.05) is 19.1 Å². The lowest BCUT2D eigenvalue weighted by atomic mass is 10.1. The van der Waals surface area contributed by atoms with Crippen LogP contribution in [0.2, 0.25) is 0 Å². The number of ether oxygens (including phenoxy) is 1. The van der Waals surface area contributed by atoms with Crippen LogP contribution >= 0.6 is 0 Å². The van der Waals surface area contributed by atoms with Gasteiger partial charge in [-0.25, -0.2) is 4.98 Å². The minimum Gasteiger partial charge on any atom is -0.497 e. The van der Waals surface area contributed by atoms with E-state index in [-0.39, 0.29) is 0 Å². The van der Waals surface area contributed by atoms with Crippen LogP contribution in [0.4, 0.5) is 5.69 Å². The fraction of sp³-hybridized carbons (Fsp3) is 0.200. The van der Waals surface area contributed by atoms with Crippen molar-refractivity contribution in [1.29, 1.82) is 5.26 Å². The van der Waals surface area contributed by atoms with Crippen molar-refractivity contribution in [2.75, 3.05) is 12.0 Å². The van der Waals surface area contributed by atoms with E-state index >= 15 is 0 Å². The first-order chi connectivity index (χ1) is 12.2. The third kappa shape index (κ3) is 3.81. The van der Waals surface area contributed by atoms with Crippen molar-refractivity contribution in [3.05, 3.63) is 66.1 Å². The van der Waals surface area contributed by atoms with Crippen LogP contribution in [0.5, 0.6) is 5.75 Å². The number of nitriles is 1. The zero-order valence-electron chi connectivity index (χ0n) is 14.3. The molecule has 2 aromatic carbocycles. The largest absolute Gasteiger partial charge is 0.497 e. The summed E-state index contributed by atoms with van der Waals surface area (Å²) in [7, 11) is 1.63. The number of aryl methyl sites for hydroxylation is 1. The predicted molar refractivity (Wildman–Crippen MR) is 96.1 cm³/mol. The summed E-state index contributed by atoms with van der Waals surface area (Å²) in [6.07, 6.45) is 4.74. The standard InChI is InChI=1S/C20H19N3O2/c1-3-15-5-4-6-18(11-15)23(14-21)12-17-13-25-20(22-17)16-7-9-19(24-2)10-8-16/h4-11,13H,3,12H2,1-2H3. The fourth-order valence-electron chi connectivity index (χ4n) is 2.54. The molecule has 0 bridgehead atoms. The molecule has 1 aromatic heterocycles. The number of nitrogens with zero attached hydrogens (tertiary/aromatic N) is 3. The van der Waals surface area contributed by atoms with Gasteiger partial charge in [0.15, 0.2) is 6.19 Å². The first kappa shape index (κ1) is 16.6. The highest BCUT2D eigenvalue weighted by Gasteiger charge is 2.12. The van der Waals surface area contributed by atoms with Gasteiger partial charge in [-0.05, 0) is 48.4 Å². The van der Waals surface area contributed by atoms with Crippen LogP contribution < -0.4 is 9.64 Å². The third-order valence-electron chi connectivity index (χ3n) is 3.96. The van der Waals surface area contributed by atoms with Gasteiger partial charge >= 0.3 is 0 Å². The summed E-state index contributed by atoms with van der Waals surface area (Å²) in [4.78, 5) is 6.10. The highest BCUT2D eigenvalue weighted by Crippen LogP contribution is 2.23. The lowest BCUT2D eigenvalue weighted by molar-refractivity contribution is 0.415. The van der Waals surface area contributed by atoms with Crippen LogP contribution in [0, 0.1) is 11.5 Å². The molecule has 25 heavy (non-hydrogen) atoms. The predicted octanol–water partition coefficient (Wildman–Crippen LogP) is 4.40. The fourth-order valence-corrected chi connectivity index (χ4v) is 2.54. The van der Waals surface area contributed by atoms with Gasteiger partial charge in [0.2, 0.25) is 5.89 Å². The molecule has 0 atom stereocenters. The average molecular weight is 333 g/mol. The molecule has 0 aliphatic carbocycles. The van der Waals surface area contributed by atoms with Gasteiger partial charge in [0, 0.05) is 5.56 Å². The third-order valence-corrected chi connectivity index (χ3v) is 3.96. The van der Waals surface area contributed by atoms with E-state index in [2.05, 4.69) is 24.2 Å². The molecule has 0 radical (unpaired) electrons. The number of methoxy groups -OCH3 is 1. The molecule has 0 spiro atoms. The second-order valence-electron chi connectivity index (χ2n) is 5.58. The van der Waals surface area contributed by atoms with Crippen LogP contribution in [0.1, 0.15) is 18.2 Å². The molecule has 0 unspecified atom stereocenters. The SMILES string of the molecule is CCc1cccc(N(C#N)Cc2coc(-c3ccc(OC)cc3)n2)c1. The number of aromatic nitrogens is 1. The number of hydrogen-bond acceptors (Lipinski definition) is 5. The molecule has 0 aliphatic rings. The number of benzene rings is 2. The van der Waals surface area contributed by atoms with Crippen LogP contribution in [0.25, 0.3) is 11.5 Å². The van der Waals surface area contributed by atoms with E-state index in [0.29, 0.717) is 18.1 Å². The van der Waals surface area contributed by atoms with E-state index in [4.69, 9.17) is 9.15 Å². The molecule has 3 aromatic rings. The summed E-state index contributed by atoms with van der Waals surface area (Å²) in [5.41, 5.74) is 3.62. The summed E-state index contributed by atoms with van der Waals surface area (Å²) in [5, 5.41) is 9.49. The van der Waals surface area contributed by atoms with Gasteiger partial charge in [-0.15, -0.1) is 0 Å². The van der Waals surface area contributed by atoms with Gasteiger partial charge < -0.3 is 9.15 Å². The molecule has 0 amide bonds. The van der Waals surface area contributed by atoms with E-state index in [1.807, 2.05) is 42.5 Å². The molecule has 126 valence electrons. The maximum absolute atomic E-state index is 9.49. The molecule has 0 aliphatic heterocycles. The smallest absolute Gasteiger partial charge is 0.226 e. The van der Waals surface area contributed by atoms with E-state index < -0.39 is 0 Å². The topological polar surface area (TPSA) is 62.3 Å². The number of anilines is 1. The van der Waals surface area contributed by atoms with Crippen molar-refractivity contribution in [3.63, 3.8) is 0 Å². The van der Waals surface area contributed by atoms with Crippen molar-refractivity contribution in [2.24, 2.45) is 0 Å². The summed E-state index contributed by atoms with van der Waals surface area (Å²) < 4.78 is 10.7. The number of rotatable bonds is 6. The van der Waals surface area contributed by atoms with Crippen molar-refractivity contribution >= 4 is 5.69 Å². The molecule has 0 fully saturated rings. The van der Waals surface area contributed by atoms with Gasteiger partial charge in [-0.3, -0.25) is 4.90 Å². The Balaban J connectivity index is 1.78. The van der Waals surface area contributed by atoms with Gasteiger partial charge in [0.25, 0.3) is 0 Å². The van der Waals surface area contributed by atoms with Crippen molar-refractivity contribution in [3.8, 4) is 23.4 Å². The molecule has 0 N–H and O–H groups in total. The highest BCUT2D eigenvalue weighted by molar-refractivity contribution is 5.55. The number of oxazole rings is 1. The maximum Gasteiger partial charge on any atom is 0.226 e. The first-order valence-corrected chi connectivity index (χ1v) is 8.08. The van der Waals surface area contributed by atoms with Gasteiger partial charge in [-0.2, -0.15) is 5.26 Å². The normalized spacial score (nSPS) is 10.3. The minimum absolute atomic E-state index is 0.364. The Morgan fingerprint density at radius 1 is 1.20 bits per heavy atom. The molecular weight excluding hydrogens is 314 g/mol. The Labute approximate surface area is 147 Å². The lowest BCUT2D eigenvalue weighted by Gasteiger charge is -2.14. The molecule has 0 saturated heterocycles. The minimum atomic E-state index is 0.364. The second-order valence-corrected chi connectivity index (χ2v) is 5.58. The summed E-state index contributed by atoms with van der Waals surface area (Å²) in [6.45, 7) is 2.46. The van der Waals surface area contributed by atoms with Crippen LogP contribution in [0.3, 0.4) is 0 Å². The van der Waals surface area contributed by atoms with Crippen LogP contribution in [0.15, 0.2) is 59.2 Å². The average Bonchev–Trinajstić information content (AvgIpc) is 3.15. The maximum atomic E-state index is 9.49. The molecule has 1 heterocycles.